The molecule has 1 aliphatic heterocycles. The molecule has 0 fully saturated rings. The second-order valence-corrected chi connectivity index (χ2v) is 9.00. The highest BCUT2D eigenvalue weighted by Gasteiger charge is 2.22. The van der Waals surface area contributed by atoms with E-state index in [9.17, 15) is 9.59 Å². The number of benzene rings is 2. The molecular weight excluding hydrogens is 394 g/mol. The number of nitrogens with one attached hydrogen (secondary N) is 1. The van der Waals surface area contributed by atoms with Gasteiger partial charge in [0, 0.05) is 47.1 Å². The summed E-state index contributed by atoms with van der Waals surface area (Å²) < 4.78 is 0. The van der Waals surface area contributed by atoms with Crippen molar-refractivity contribution >= 4 is 46.6 Å². The van der Waals surface area contributed by atoms with Gasteiger partial charge in [0.1, 0.15) is 0 Å². The van der Waals surface area contributed by atoms with Gasteiger partial charge in [0.15, 0.2) is 0 Å². The molecule has 2 aromatic carbocycles. The number of amides is 2. The third-order valence-electron chi connectivity index (χ3n) is 4.53. The molecule has 0 unspecified atom stereocenters. The Morgan fingerprint density at radius 3 is 2.79 bits per heavy atom. The van der Waals surface area contributed by atoms with Crippen molar-refractivity contribution in [3.63, 3.8) is 0 Å². The molecule has 0 saturated heterocycles. The van der Waals surface area contributed by atoms with E-state index in [4.69, 9.17) is 11.6 Å². The fourth-order valence-electron chi connectivity index (χ4n) is 3.10. The van der Waals surface area contributed by atoms with Gasteiger partial charge in [-0.2, -0.15) is 0 Å². The zero-order valence-electron chi connectivity index (χ0n) is 16.2. The first-order valence-electron chi connectivity index (χ1n) is 9.16. The highest BCUT2D eigenvalue weighted by molar-refractivity contribution is 8.00. The third-order valence-corrected chi connectivity index (χ3v) is 6.00. The van der Waals surface area contributed by atoms with Gasteiger partial charge in [0.2, 0.25) is 5.91 Å². The van der Waals surface area contributed by atoms with Crippen LogP contribution in [0.5, 0.6) is 0 Å². The molecule has 5 nitrogen and oxygen atoms in total. The van der Waals surface area contributed by atoms with Crippen LogP contribution in [0.2, 0.25) is 5.02 Å². The van der Waals surface area contributed by atoms with Crippen LogP contribution < -0.4 is 10.2 Å². The summed E-state index contributed by atoms with van der Waals surface area (Å²) in [6, 6.07) is 12.8. The van der Waals surface area contributed by atoms with Crippen LogP contribution >= 0.6 is 23.4 Å². The quantitative estimate of drug-likeness (QED) is 0.802. The summed E-state index contributed by atoms with van der Waals surface area (Å²) in [6.07, 6.45) is 0.983. The van der Waals surface area contributed by atoms with E-state index in [0.29, 0.717) is 21.5 Å². The summed E-state index contributed by atoms with van der Waals surface area (Å²) in [4.78, 5) is 29.5. The van der Waals surface area contributed by atoms with Crippen LogP contribution in [0.15, 0.2) is 47.4 Å². The maximum Gasteiger partial charge on any atom is 0.253 e. The maximum absolute atomic E-state index is 12.7. The van der Waals surface area contributed by atoms with Gasteiger partial charge >= 0.3 is 0 Å². The van der Waals surface area contributed by atoms with Gasteiger partial charge in [0.25, 0.3) is 5.91 Å². The zero-order valence-corrected chi connectivity index (χ0v) is 17.8. The van der Waals surface area contributed by atoms with Crippen molar-refractivity contribution in [2.45, 2.75) is 23.5 Å². The Hall–Kier alpha value is -2.18. The van der Waals surface area contributed by atoms with Crippen molar-refractivity contribution in [3.05, 3.63) is 53.1 Å². The zero-order chi connectivity index (χ0) is 20.3. The first-order chi connectivity index (χ1) is 13.3. The molecule has 148 valence electrons. The lowest BCUT2D eigenvalue weighted by molar-refractivity contribution is -0.115. The molecule has 28 heavy (non-hydrogen) atoms. The molecule has 0 aromatic heterocycles. The van der Waals surface area contributed by atoms with E-state index in [-0.39, 0.29) is 18.4 Å². The van der Waals surface area contributed by atoms with Gasteiger partial charge in [-0.3, -0.25) is 9.59 Å². The standard InChI is InChI=1S/C21H24ClN3O2S/c1-14-9-10-25(18-12-16(22)7-8-19(18)28-14)13-20(26)23-17-6-4-5-15(11-17)21(27)24(2)3/h4-8,11-12,14H,9-10,13H2,1-3H3,(H,23,26)/t14-/m1/s1. The van der Waals surface area contributed by atoms with Crippen molar-refractivity contribution < 1.29 is 9.59 Å². The Bertz CT molecular complexity index is 888. The summed E-state index contributed by atoms with van der Waals surface area (Å²) in [5, 5.41) is 4.04. The van der Waals surface area contributed by atoms with E-state index in [1.54, 1.807) is 38.4 Å². The van der Waals surface area contributed by atoms with E-state index in [1.165, 1.54) is 4.90 Å². The molecule has 1 N–H and O–H groups in total. The van der Waals surface area contributed by atoms with Crippen LogP contribution in [0.1, 0.15) is 23.7 Å². The molecule has 0 aliphatic carbocycles. The van der Waals surface area contributed by atoms with Crippen molar-refractivity contribution in [3.8, 4) is 0 Å². The molecule has 0 spiro atoms. The number of carbonyl (C=O) groups is 2. The van der Waals surface area contributed by atoms with E-state index in [2.05, 4.69) is 17.1 Å². The Balaban J connectivity index is 1.74. The maximum atomic E-state index is 12.7. The third kappa shape index (κ3) is 5.00. The monoisotopic (exact) mass is 417 g/mol. The Labute approximate surface area is 175 Å². The molecular formula is C21H24ClN3O2S. The summed E-state index contributed by atoms with van der Waals surface area (Å²) in [5.74, 6) is -0.224. The lowest BCUT2D eigenvalue weighted by atomic mass is 10.2. The second-order valence-electron chi connectivity index (χ2n) is 7.08. The normalized spacial score (nSPS) is 16.1. The Kier molecular flexibility index (Phi) is 6.52. The number of hydrogen-bond donors (Lipinski definition) is 1. The molecule has 1 atom stereocenters. The molecule has 0 bridgehead atoms. The average molecular weight is 418 g/mol. The molecule has 2 amide bonds. The van der Waals surface area contributed by atoms with Crippen LogP contribution in [0, 0.1) is 0 Å². The molecule has 3 rings (SSSR count). The Morgan fingerprint density at radius 2 is 2.04 bits per heavy atom. The molecule has 7 heteroatoms. The highest BCUT2D eigenvalue weighted by Crippen LogP contribution is 2.38. The van der Waals surface area contributed by atoms with Gasteiger partial charge in [-0.1, -0.05) is 24.6 Å². The molecule has 1 aliphatic rings. The van der Waals surface area contributed by atoms with Crippen LogP contribution in [-0.2, 0) is 4.79 Å². The first kappa shape index (κ1) is 20.6. The van der Waals surface area contributed by atoms with Gasteiger partial charge in [-0.05, 0) is 42.8 Å². The van der Waals surface area contributed by atoms with E-state index < -0.39 is 0 Å². The molecule has 2 aromatic rings. The molecule has 0 radical (unpaired) electrons. The lowest BCUT2D eigenvalue weighted by Crippen LogP contribution is -2.34. The van der Waals surface area contributed by atoms with Gasteiger partial charge < -0.3 is 15.1 Å². The van der Waals surface area contributed by atoms with Crippen LogP contribution in [0.3, 0.4) is 0 Å². The van der Waals surface area contributed by atoms with Crippen molar-refractivity contribution in [1.82, 2.24) is 4.90 Å². The Morgan fingerprint density at radius 1 is 1.25 bits per heavy atom. The van der Waals surface area contributed by atoms with Crippen molar-refractivity contribution in [1.29, 1.82) is 0 Å². The van der Waals surface area contributed by atoms with Crippen molar-refractivity contribution in [2.75, 3.05) is 37.4 Å². The molecule has 0 saturated carbocycles. The minimum absolute atomic E-state index is 0.0989. The van der Waals surface area contributed by atoms with E-state index in [0.717, 1.165) is 23.5 Å². The summed E-state index contributed by atoms with van der Waals surface area (Å²) >= 11 is 8.01. The smallest absolute Gasteiger partial charge is 0.253 e. The van der Waals surface area contributed by atoms with E-state index in [1.807, 2.05) is 30.0 Å². The first-order valence-corrected chi connectivity index (χ1v) is 10.4. The second kappa shape index (κ2) is 8.88. The number of halogens is 1. The number of nitrogens with zero attached hydrogens (tertiary/aromatic N) is 2. The lowest BCUT2D eigenvalue weighted by Gasteiger charge is -2.24. The number of hydrogen-bond acceptors (Lipinski definition) is 4. The number of carbonyl (C=O) groups excluding carboxylic acids is 2. The minimum atomic E-state index is -0.125. The number of anilines is 2. The minimum Gasteiger partial charge on any atom is -0.361 e. The van der Waals surface area contributed by atoms with Crippen LogP contribution in [0.4, 0.5) is 11.4 Å². The van der Waals surface area contributed by atoms with Crippen LogP contribution in [-0.4, -0.2) is 49.1 Å². The summed E-state index contributed by atoms with van der Waals surface area (Å²) in [5.41, 5.74) is 2.15. The SMILES string of the molecule is C[C@@H]1CCN(CC(=O)Nc2cccc(C(=O)N(C)C)c2)c2cc(Cl)ccc2S1. The highest BCUT2D eigenvalue weighted by atomic mass is 35.5. The van der Waals surface area contributed by atoms with Gasteiger partial charge in [-0.15, -0.1) is 11.8 Å². The number of fused-ring (bicyclic) bond motifs is 1. The van der Waals surface area contributed by atoms with Gasteiger partial charge in [0.05, 0.1) is 12.2 Å². The fourth-order valence-corrected chi connectivity index (χ4v) is 4.38. The van der Waals surface area contributed by atoms with Crippen LogP contribution in [0.25, 0.3) is 0 Å². The average Bonchev–Trinajstić information content (AvgIpc) is 2.80. The number of rotatable bonds is 4. The topological polar surface area (TPSA) is 52.7 Å². The van der Waals surface area contributed by atoms with Crippen molar-refractivity contribution in [2.24, 2.45) is 0 Å². The fraction of sp³-hybridized carbons (Fsp3) is 0.333. The predicted octanol–water partition coefficient (Wildman–Crippen LogP) is 4.37. The van der Waals surface area contributed by atoms with Gasteiger partial charge in [-0.25, -0.2) is 0 Å². The molecule has 1 heterocycles. The largest absolute Gasteiger partial charge is 0.361 e. The predicted molar refractivity (Wildman–Crippen MR) is 117 cm³/mol. The van der Waals surface area contributed by atoms with E-state index >= 15 is 0 Å². The summed E-state index contributed by atoms with van der Waals surface area (Å²) in [6.45, 7) is 3.21. The summed E-state index contributed by atoms with van der Waals surface area (Å²) in [7, 11) is 3.41. The number of thioether (sulfide) groups is 1.